The number of carbonyl (C=O) groups excluding carboxylic acids is 2. The average Bonchev–Trinajstić information content (AvgIpc) is 2.89. The number of thiazole rings is 1. The number of nitrogens with zero attached hydrogens (tertiary/aromatic N) is 1. The summed E-state index contributed by atoms with van der Waals surface area (Å²) < 4.78 is 1.50. The van der Waals surface area contributed by atoms with Crippen LogP contribution in [0.2, 0.25) is 0 Å². The van der Waals surface area contributed by atoms with Crippen molar-refractivity contribution in [2.45, 2.75) is 11.3 Å². The molecule has 1 aromatic carbocycles. The number of hydrogen-bond acceptors (Lipinski definition) is 5. The predicted molar refractivity (Wildman–Crippen MR) is 87.3 cm³/mol. The van der Waals surface area contributed by atoms with Crippen molar-refractivity contribution in [3.8, 4) is 0 Å². The van der Waals surface area contributed by atoms with Gasteiger partial charge in [0.1, 0.15) is 0 Å². The lowest BCUT2D eigenvalue weighted by Gasteiger charge is -2.07. The van der Waals surface area contributed by atoms with Crippen molar-refractivity contribution in [1.82, 2.24) is 15.8 Å². The number of hydrogen-bond donors (Lipinski definition) is 2. The molecule has 0 radical (unpaired) electrons. The fourth-order valence-corrected chi connectivity index (χ4v) is 3.52. The number of aromatic nitrogens is 1. The highest BCUT2D eigenvalue weighted by molar-refractivity contribution is 9.10. The lowest BCUT2D eigenvalue weighted by atomic mass is 10.2. The second-order valence-corrected chi connectivity index (χ2v) is 6.96. The zero-order valence-electron chi connectivity index (χ0n) is 11.1. The second-order valence-electron chi connectivity index (χ2n) is 4.03. The summed E-state index contributed by atoms with van der Waals surface area (Å²) in [5, 5.41) is 1.93. The SMILES string of the molecule is Cc1csc(SCC(=O)NNC(=O)c2ccccc2Br)n1. The Balaban J connectivity index is 1.79. The molecule has 5 nitrogen and oxygen atoms in total. The van der Waals surface area contributed by atoms with E-state index in [1.54, 1.807) is 18.2 Å². The van der Waals surface area contributed by atoms with Gasteiger partial charge in [0.2, 0.25) is 5.91 Å². The molecule has 0 aliphatic heterocycles. The van der Waals surface area contributed by atoms with Gasteiger partial charge in [0.15, 0.2) is 4.34 Å². The van der Waals surface area contributed by atoms with Crippen molar-refractivity contribution in [1.29, 1.82) is 0 Å². The van der Waals surface area contributed by atoms with Gasteiger partial charge < -0.3 is 0 Å². The first kappa shape index (κ1) is 16.0. The number of thioether (sulfide) groups is 1. The summed E-state index contributed by atoms with van der Waals surface area (Å²) in [7, 11) is 0. The van der Waals surface area contributed by atoms with Gasteiger partial charge in [-0.1, -0.05) is 23.9 Å². The van der Waals surface area contributed by atoms with Gasteiger partial charge in [-0.2, -0.15) is 0 Å². The molecule has 0 unspecified atom stereocenters. The standard InChI is InChI=1S/C13H12BrN3O2S2/c1-8-6-20-13(15-8)21-7-11(18)16-17-12(19)9-4-2-3-5-10(9)14/h2-6H,7H2,1H3,(H,16,18)(H,17,19). The van der Waals surface area contributed by atoms with Crippen molar-refractivity contribution >= 4 is 50.8 Å². The molecule has 0 bridgehead atoms. The fourth-order valence-electron chi connectivity index (χ4n) is 1.40. The third kappa shape index (κ3) is 4.83. The highest BCUT2D eigenvalue weighted by atomic mass is 79.9. The summed E-state index contributed by atoms with van der Waals surface area (Å²) in [6.45, 7) is 1.90. The Hall–Kier alpha value is -1.38. The molecule has 2 aromatic rings. The van der Waals surface area contributed by atoms with E-state index >= 15 is 0 Å². The number of halogens is 1. The van der Waals surface area contributed by atoms with E-state index < -0.39 is 0 Å². The fraction of sp³-hybridized carbons (Fsp3) is 0.154. The first-order valence-electron chi connectivity index (χ1n) is 5.95. The predicted octanol–water partition coefficient (Wildman–Crippen LogP) is 2.77. The minimum Gasteiger partial charge on any atom is -0.272 e. The van der Waals surface area contributed by atoms with Crippen LogP contribution in [-0.2, 0) is 4.79 Å². The molecule has 2 rings (SSSR count). The van der Waals surface area contributed by atoms with Crippen LogP contribution in [0.25, 0.3) is 0 Å². The third-order valence-corrected chi connectivity index (χ3v) is 5.19. The van der Waals surface area contributed by atoms with Gasteiger partial charge in [-0.15, -0.1) is 11.3 Å². The van der Waals surface area contributed by atoms with E-state index in [0.29, 0.717) is 10.0 Å². The normalized spacial score (nSPS) is 10.2. The molecule has 0 aliphatic rings. The maximum absolute atomic E-state index is 11.9. The largest absolute Gasteiger partial charge is 0.272 e. The Morgan fingerprint density at radius 2 is 2.10 bits per heavy atom. The van der Waals surface area contributed by atoms with E-state index in [2.05, 4.69) is 31.8 Å². The third-order valence-electron chi connectivity index (χ3n) is 2.36. The van der Waals surface area contributed by atoms with Crippen molar-refractivity contribution in [2.24, 2.45) is 0 Å². The van der Waals surface area contributed by atoms with Gasteiger partial charge in [-0.3, -0.25) is 20.4 Å². The Kier molecular flexibility index (Phi) is 5.77. The van der Waals surface area contributed by atoms with Gasteiger partial charge in [-0.05, 0) is 35.0 Å². The zero-order valence-corrected chi connectivity index (χ0v) is 14.3. The Morgan fingerprint density at radius 3 is 2.76 bits per heavy atom. The molecule has 0 saturated carbocycles. The van der Waals surface area contributed by atoms with Crippen LogP contribution in [-0.4, -0.2) is 22.6 Å². The maximum Gasteiger partial charge on any atom is 0.270 e. The van der Waals surface area contributed by atoms with Crippen LogP contribution in [0, 0.1) is 6.92 Å². The Morgan fingerprint density at radius 1 is 1.33 bits per heavy atom. The van der Waals surface area contributed by atoms with E-state index in [1.165, 1.54) is 23.1 Å². The first-order chi connectivity index (χ1) is 10.1. The van der Waals surface area contributed by atoms with Crippen molar-refractivity contribution < 1.29 is 9.59 Å². The molecule has 21 heavy (non-hydrogen) atoms. The minimum absolute atomic E-state index is 0.198. The van der Waals surface area contributed by atoms with E-state index in [4.69, 9.17) is 0 Å². The number of aryl methyl sites for hydroxylation is 1. The number of carbonyl (C=O) groups is 2. The summed E-state index contributed by atoms with van der Waals surface area (Å²) in [6, 6.07) is 6.99. The Bertz CT molecular complexity index is 660. The van der Waals surface area contributed by atoms with Crippen LogP contribution in [0.4, 0.5) is 0 Å². The Labute approximate surface area is 138 Å². The smallest absolute Gasteiger partial charge is 0.270 e. The number of nitrogens with one attached hydrogen (secondary N) is 2. The van der Waals surface area contributed by atoms with Crippen LogP contribution in [0.5, 0.6) is 0 Å². The highest BCUT2D eigenvalue weighted by Gasteiger charge is 2.11. The highest BCUT2D eigenvalue weighted by Crippen LogP contribution is 2.21. The van der Waals surface area contributed by atoms with Crippen molar-refractivity contribution in [2.75, 3.05) is 5.75 Å². The first-order valence-corrected chi connectivity index (χ1v) is 8.60. The van der Waals surface area contributed by atoms with Gasteiger partial charge in [-0.25, -0.2) is 4.98 Å². The summed E-state index contributed by atoms with van der Waals surface area (Å²) >= 11 is 6.11. The molecule has 0 aliphatic carbocycles. The number of rotatable bonds is 4. The quantitative estimate of drug-likeness (QED) is 0.626. The van der Waals surface area contributed by atoms with Crippen molar-refractivity contribution in [3.05, 3.63) is 45.4 Å². The lowest BCUT2D eigenvalue weighted by Crippen LogP contribution is -2.42. The monoisotopic (exact) mass is 385 g/mol. The molecule has 0 atom stereocenters. The number of benzene rings is 1. The van der Waals surface area contributed by atoms with Crippen molar-refractivity contribution in [3.63, 3.8) is 0 Å². The summed E-state index contributed by atoms with van der Waals surface area (Å²) in [5.74, 6) is -0.456. The molecule has 0 saturated heterocycles. The topological polar surface area (TPSA) is 71.1 Å². The maximum atomic E-state index is 11.9. The van der Waals surface area contributed by atoms with Gasteiger partial charge in [0.05, 0.1) is 11.3 Å². The molecule has 2 N–H and O–H groups in total. The van der Waals surface area contributed by atoms with Crippen LogP contribution >= 0.6 is 39.0 Å². The molecule has 110 valence electrons. The second kappa shape index (κ2) is 7.58. The van der Waals surface area contributed by atoms with Crippen LogP contribution in [0.3, 0.4) is 0 Å². The molecule has 0 spiro atoms. The number of hydrazine groups is 1. The minimum atomic E-state index is -0.370. The van der Waals surface area contributed by atoms with E-state index in [-0.39, 0.29) is 17.6 Å². The molecule has 1 aromatic heterocycles. The van der Waals surface area contributed by atoms with Crippen LogP contribution < -0.4 is 10.9 Å². The molecule has 2 amide bonds. The van der Waals surface area contributed by atoms with E-state index in [1.807, 2.05) is 18.4 Å². The average molecular weight is 386 g/mol. The molecule has 8 heteroatoms. The summed E-state index contributed by atoms with van der Waals surface area (Å²) in [5.41, 5.74) is 6.16. The van der Waals surface area contributed by atoms with Gasteiger partial charge in [0.25, 0.3) is 5.91 Å². The van der Waals surface area contributed by atoms with E-state index in [0.717, 1.165) is 10.0 Å². The molecule has 1 heterocycles. The summed E-state index contributed by atoms with van der Waals surface area (Å²) in [6.07, 6.45) is 0. The molecular formula is C13H12BrN3O2S2. The summed E-state index contributed by atoms with van der Waals surface area (Å²) in [4.78, 5) is 27.8. The number of amides is 2. The zero-order chi connectivity index (χ0) is 15.2. The van der Waals surface area contributed by atoms with E-state index in [9.17, 15) is 9.59 Å². The van der Waals surface area contributed by atoms with Crippen LogP contribution in [0.1, 0.15) is 16.1 Å². The van der Waals surface area contributed by atoms with Gasteiger partial charge in [0, 0.05) is 15.5 Å². The molecular weight excluding hydrogens is 374 g/mol. The lowest BCUT2D eigenvalue weighted by molar-refractivity contribution is -0.119. The molecule has 0 fully saturated rings. The van der Waals surface area contributed by atoms with Gasteiger partial charge >= 0.3 is 0 Å². The van der Waals surface area contributed by atoms with Crippen LogP contribution in [0.15, 0.2) is 38.5 Å².